The molecule has 1 unspecified atom stereocenters. The van der Waals surface area contributed by atoms with Crippen molar-refractivity contribution in [2.24, 2.45) is 0 Å². The fourth-order valence-electron chi connectivity index (χ4n) is 2.46. The van der Waals surface area contributed by atoms with Gasteiger partial charge in [0.1, 0.15) is 11.0 Å². The van der Waals surface area contributed by atoms with Crippen molar-refractivity contribution in [1.82, 2.24) is 9.88 Å². The number of likely N-dealkylation sites (tertiary alicyclic amines) is 1. The zero-order valence-corrected chi connectivity index (χ0v) is 10.7. The second kappa shape index (κ2) is 4.66. The minimum Gasteiger partial charge on any atom is -0.480 e. The fourth-order valence-corrected chi connectivity index (χ4v) is 3.45. The van der Waals surface area contributed by atoms with Gasteiger partial charge in [-0.1, -0.05) is 12.1 Å². The molecule has 0 radical (unpaired) electrons. The molecule has 5 heteroatoms. The lowest BCUT2D eigenvalue weighted by molar-refractivity contribution is -0.142. The van der Waals surface area contributed by atoms with Gasteiger partial charge < -0.3 is 5.11 Å². The third-order valence-electron chi connectivity index (χ3n) is 3.33. The van der Waals surface area contributed by atoms with Crippen molar-refractivity contribution in [2.45, 2.75) is 25.4 Å². The highest BCUT2D eigenvalue weighted by molar-refractivity contribution is 7.18. The molecule has 1 N–H and O–H groups in total. The summed E-state index contributed by atoms with van der Waals surface area (Å²) in [6.07, 6.45) is 1.71. The molecule has 2 aromatic rings. The van der Waals surface area contributed by atoms with Crippen LogP contribution in [-0.4, -0.2) is 33.5 Å². The average Bonchev–Trinajstić information content (AvgIpc) is 2.94. The molecule has 1 aromatic carbocycles. The van der Waals surface area contributed by atoms with E-state index in [1.807, 2.05) is 23.1 Å². The molecule has 18 heavy (non-hydrogen) atoms. The Hall–Kier alpha value is -1.46. The van der Waals surface area contributed by atoms with E-state index >= 15 is 0 Å². The minimum atomic E-state index is -0.714. The maximum Gasteiger partial charge on any atom is 0.320 e. The van der Waals surface area contributed by atoms with Crippen LogP contribution in [0.25, 0.3) is 10.2 Å². The number of nitrogens with zero attached hydrogens (tertiary/aromatic N) is 2. The minimum absolute atomic E-state index is 0.336. The van der Waals surface area contributed by atoms with Crippen molar-refractivity contribution in [3.63, 3.8) is 0 Å². The molecule has 0 spiro atoms. The molecule has 1 fully saturated rings. The molecule has 1 atom stereocenters. The zero-order chi connectivity index (χ0) is 12.5. The van der Waals surface area contributed by atoms with Crippen molar-refractivity contribution in [1.29, 1.82) is 0 Å². The van der Waals surface area contributed by atoms with E-state index in [2.05, 4.69) is 11.1 Å². The van der Waals surface area contributed by atoms with Gasteiger partial charge in [-0.2, -0.15) is 0 Å². The molecule has 0 aliphatic carbocycles. The molecule has 1 saturated heterocycles. The number of carboxylic acid groups (broad SMARTS) is 1. The normalized spacial score (nSPS) is 20.6. The Morgan fingerprint density at radius 2 is 2.33 bits per heavy atom. The SMILES string of the molecule is O=C(O)C1CCCN1Cc1nc2ccccc2s1. The first-order chi connectivity index (χ1) is 8.74. The Bertz CT molecular complexity index is 548. The number of aromatic nitrogens is 1. The van der Waals surface area contributed by atoms with Gasteiger partial charge in [0.25, 0.3) is 0 Å². The predicted octanol–water partition coefficient (Wildman–Crippen LogP) is 2.35. The highest BCUT2D eigenvalue weighted by Crippen LogP contribution is 2.26. The number of fused-ring (bicyclic) bond motifs is 1. The van der Waals surface area contributed by atoms with Crippen molar-refractivity contribution in [2.75, 3.05) is 6.54 Å². The average molecular weight is 262 g/mol. The Labute approximate surface area is 109 Å². The quantitative estimate of drug-likeness (QED) is 0.922. The first-order valence-corrected chi connectivity index (χ1v) is 6.87. The summed E-state index contributed by atoms with van der Waals surface area (Å²) in [5.41, 5.74) is 1.00. The molecule has 1 aliphatic rings. The number of hydrogen-bond donors (Lipinski definition) is 1. The lowest BCUT2D eigenvalue weighted by Crippen LogP contribution is -2.35. The second-order valence-corrected chi connectivity index (χ2v) is 5.66. The largest absolute Gasteiger partial charge is 0.480 e. The van der Waals surface area contributed by atoms with Gasteiger partial charge in [0.2, 0.25) is 0 Å². The van der Waals surface area contributed by atoms with E-state index in [1.165, 1.54) is 4.70 Å². The first kappa shape index (κ1) is 11.6. The lowest BCUT2D eigenvalue weighted by atomic mass is 10.2. The molecule has 1 aromatic heterocycles. The summed E-state index contributed by atoms with van der Waals surface area (Å²) >= 11 is 1.65. The highest BCUT2D eigenvalue weighted by Gasteiger charge is 2.30. The number of benzene rings is 1. The molecule has 3 rings (SSSR count). The topological polar surface area (TPSA) is 53.4 Å². The van der Waals surface area contributed by atoms with Crippen LogP contribution in [-0.2, 0) is 11.3 Å². The van der Waals surface area contributed by atoms with Crippen LogP contribution in [0, 0.1) is 0 Å². The number of rotatable bonds is 3. The van der Waals surface area contributed by atoms with Gasteiger partial charge in [-0.05, 0) is 31.5 Å². The summed E-state index contributed by atoms with van der Waals surface area (Å²) in [5, 5.41) is 10.1. The number of hydrogen-bond acceptors (Lipinski definition) is 4. The first-order valence-electron chi connectivity index (χ1n) is 6.05. The van der Waals surface area contributed by atoms with Gasteiger partial charge >= 0.3 is 5.97 Å². The van der Waals surface area contributed by atoms with Crippen LogP contribution in [0.5, 0.6) is 0 Å². The molecular weight excluding hydrogens is 248 g/mol. The molecule has 0 amide bonds. The summed E-state index contributed by atoms with van der Waals surface area (Å²) in [5.74, 6) is -0.714. The van der Waals surface area contributed by atoms with Gasteiger partial charge in [0, 0.05) is 0 Å². The van der Waals surface area contributed by atoms with E-state index in [4.69, 9.17) is 5.11 Å². The molecular formula is C13H14N2O2S. The van der Waals surface area contributed by atoms with Gasteiger partial charge in [-0.15, -0.1) is 11.3 Å². The van der Waals surface area contributed by atoms with E-state index in [1.54, 1.807) is 11.3 Å². The van der Waals surface area contributed by atoms with E-state index < -0.39 is 5.97 Å². The lowest BCUT2D eigenvalue weighted by Gasteiger charge is -2.19. The van der Waals surface area contributed by atoms with Crippen molar-refractivity contribution in [3.8, 4) is 0 Å². The van der Waals surface area contributed by atoms with Crippen LogP contribution in [0.15, 0.2) is 24.3 Å². The molecule has 2 heterocycles. The molecule has 0 saturated carbocycles. The van der Waals surface area contributed by atoms with Crippen LogP contribution in [0.4, 0.5) is 0 Å². The number of carboxylic acids is 1. The Balaban J connectivity index is 1.81. The van der Waals surface area contributed by atoms with Crippen LogP contribution in [0.2, 0.25) is 0 Å². The Kier molecular flexibility index (Phi) is 3.01. The second-order valence-electron chi connectivity index (χ2n) is 4.54. The third kappa shape index (κ3) is 2.11. The predicted molar refractivity (Wildman–Crippen MR) is 70.7 cm³/mol. The van der Waals surface area contributed by atoms with Crippen LogP contribution >= 0.6 is 11.3 Å². The fraction of sp³-hybridized carbons (Fsp3) is 0.385. The smallest absolute Gasteiger partial charge is 0.320 e. The van der Waals surface area contributed by atoms with E-state index in [9.17, 15) is 4.79 Å². The summed E-state index contributed by atoms with van der Waals surface area (Å²) in [4.78, 5) is 17.7. The van der Waals surface area contributed by atoms with Gasteiger partial charge in [0.05, 0.1) is 16.8 Å². The number of para-hydroxylation sites is 1. The number of carbonyl (C=O) groups is 1. The monoisotopic (exact) mass is 262 g/mol. The maximum atomic E-state index is 11.1. The van der Waals surface area contributed by atoms with Crippen molar-refractivity contribution >= 4 is 27.5 Å². The highest BCUT2D eigenvalue weighted by atomic mass is 32.1. The van der Waals surface area contributed by atoms with Crippen molar-refractivity contribution in [3.05, 3.63) is 29.3 Å². The summed E-state index contributed by atoms with van der Waals surface area (Å²) < 4.78 is 1.17. The molecule has 94 valence electrons. The van der Waals surface area contributed by atoms with E-state index in [-0.39, 0.29) is 6.04 Å². The number of aliphatic carboxylic acids is 1. The van der Waals surface area contributed by atoms with Crippen molar-refractivity contribution < 1.29 is 9.90 Å². The van der Waals surface area contributed by atoms with Crippen LogP contribution < -0.4 is 0 Å². The standard InChI is InChI=1S/C13H14N2O2S/c16-13(17)10-5-3-7-15(10)8-12-14-9-4-1-2-6-11(9)18-12/h1-2,4,6,10H,3,5,7-8H2,(H,16,17). The third-order valence-corrected chi connectivity index (χ3v) is 4.35. The summed E-state index contributed by atoms with van der Waals surface area (Å²) in [6.45, 7) is 1.50. The van der Waals surface area contributed by atoms with E-state index in [0.29, 0.717) is 6.54 Å². The van der Waals surface area contributed by atoms with Gasteiger partial charge in [-0.25, -0.2) is 4.98 Å². The molecule has 0 bridgehead atoms. The van der Waals surface area contributed by atoms with Gasteiger partial charge in [0.15, 0.2) is 0 Å². The summed E-state index contributed by atoms with van der Waals surface area (Å²) in [7, 11) is 0. The Morgan fingerprint density at radius 3 is 3.11 bits per heavy atom. The van der Waals surface area contributed by atoms with Gasteiger partial charge in [-0.3, -0.25) is 9.69 Å². The maximum absolute atomic E-state index is 11.1. The zero-order valence-electron chi connectivity index (χ0n) is 9.87. The van der Waals surface area contributed by atoms with Crippen LogP contribution in [0.3, 0.4) is 0 Å². The number of thiazole rings is 1. The summed E-state index contributed by atoms with van der Waals surface area (Å²) in [6, 6.07) is 7.68. The molecule has 1 aliphatic heterocycles. The van der Waals surface area contributed by atoms with Crippen LogP contribution in [0.1, 0.15) is 17.8 Å². The Morgan fingerprint density at radius 1 is 1.50 bits per heavy atom. The van der Waals surface area contributed by atoms with E-state index in [0.717, 1.165) is 29.9 Å². The molecule has 4 nitrogen and oxygen atoms in total.